The molecule has 30 heavy (non-hydrogen) atoms. The minimum absolute atomic E-state index is 0.115. The Morgan fingerprint density at radius 1 is 1.20 bits per heavy atom. The molecule has 0 aromatic carbocycles. The standard InChI is InChI=1S/C19H25N7O3S/c1-3-28-16(29-4-2)13-26-12-15(22-23-26)18(27)24-8-10-25(11-9-24)19-21-14-6-5-7-20-17(14)30-19/h5-7,12,16H,3-4,8-11,13H2,1-2H3. The highest BCUT2D eigenvalue weighted by Crippen LogP contribution is 2.27. The molecule has 4 heterocycles. The second-order valence-electron chi connectivity index (χ2n) is 6.77. The molecular formula is C19H25N7O3S. The van der Waals surface area contributed by atoms with Crippen LogP contribution < -0.4 is 4.90 Å². The Morgan fingerprint density at radius 2 is 1.97 bits per heavy atom. The van der Waals surface area contributed by atoms with Crippen LogP contribution in [0.25, 0.3) is 10.3 Å². The largest absolute Gasteiger partial charge is 0.351 e. The van der Waals surface area contributed by atoms with Gasteiger partial charge in [0.05, 0.1) is 12.7 Å². The van der Waals surface area contributed by atoms with Gasteiger partial charge in [-0.05, 0) is 26.0 Å². The van der Waals surface area contributed by atoms with Gasteiger partial charge in [0.1, 0.15) is 10.3 Å². The first-order chi connectivity index (χ1) is 14.7. The number of fused-ring (bicyclic) bond motifs is 1. The van der Waals surface area contributed by atoms with E-state index < -0.39 is 6.29 Å². The lowest BCUT2D eigenvalue weighted by Crippen LogP contribution is -2.48. The van der Waals surface area contributed by atoms with Gasteiger partial charge in [0.25, 0.3) is 5.91 Å². The molecule has 1 aliphatic rings. The van der Waals surface area contributed by atoms with Crippen molar-refractivity contribution >= 4 is 32.7 Å². The zero-order chi connectivity index (χ0) is 20.9. The summed E-state index contributed by atoms with van der Waals surface area (Å²) in [6, 6.07) is 3.85. The van der Waals surface area contributed by atoms with Gasteiger partial charge in [0, 0.05) is 45.6 Å². The number of amides is 1. The number of hydrogen-bond donors (Lipinski definition) is 0. The van der Waals surface area contributed by atoms with Crippen LogP contribution in [0.4, 0.5) is 5.13 Å². The van der Waals surface area contributed by atoms with Gasteiger partial charge in [-0.1, -0.05) is 16.6 Å². The van der Waals surface area contributed by atoms with E-state index in [0.29, 0.717) is 38.5 Å². The third kappa shape index (κ3) is 4.58. The summed E-state index contributed by atoms with van der Waals surface area (Å²) in [5.41, 5.74) is 1.24. The number of piperazine rings is 1. The van der Waals surface area contributed by atoms with Crippen LogP contribution >= 0.6 is 11.3 Å². The third-order valence-corrected chi connectivity index (χ3v) is 5.83. The fourth-order valence-corrected chi connectivity index (χ4v) is 4.28. The van der Waals surface area contributed by atoms with Gasteiger partial charge in [-0.2, -0.15) is 0 Å². The smallest absolute Gasteiger partial charge is 0.276 e. The highest BCUT2D eigenvalue weighted by molar-refractivity contribution is 7.21. The first-order valence-electron chi connectivity index (χ1n) is 10.1. The summed E-state index contributed by atoms with van der Waals surface area (Å²) < 4.78 is 12.6. The monoisotopic (exact) mass is 431 g/mol. The normalized spacial score (nSPS) is 14.8. The van der Waals surface area contributed by atoms with E-state index in [1.165, 1.54) is 0 Å². The van der Waals surface area contributed by atoms with Crippen LogP contribution in [0.2, 0.25) is 0 Å². The number of hydrogen-bond acceptors (Lipinski definition) is 9. The van der Waals surface area contributed by atoms with Crippen molar-refractivity contribution in [1.29, 1.82) is 0 Å². The topological polar surface area (TPSA) is 98.5 Å². The van der Waals surface area contributed by atoms with Crippen molar-refractivity contribution in [2.75, 3.05) is 44.3 Å². The Labute approximate surface area is 178 Å². The molecule has 0 spiro atoms. The molecule has 3 aromatic rings. The molecule has 10 nitrogen and oxygen atoms in total. The van der Waals surface area contributed by atoms with Crippen LogP contribution in [-0.4, -0.2) is 81.5 Å². The average Bonchev–Trinajstić information content (AvgIpc) is 3.41. The van der Waals surface area contributed by atoms with Crippen molar-refractivity contribution in [3.8, 4) is 0 Å². The Balaban J connectivity index is 1.34. The van der Waals surface area contributed by atoms with Gasteiger partial charge < -0.3 is 19.3 Å². The molecule has 0 atom stereocenters. The van der Waals surface area contributed by atoms with E-state index in [1.54, 1.807) is 33.3 Å². The molecule has 0 saturated carbocycles. The zero-order valence-corrected chi connectivity index (χ0v) is 17.9. The molecule has 1 fully saturated rings. The number of ether oxygens (including phenoxy) is 2. The molecule has 11 heteroatoms. The summed E-state index contributed by atoms with van der Waals surface area (Å²) in [6.07, 6.45) is 3.02. The number of carbonyl (C=O) groups excluding carboxylic acids is 1. The molecule has 0 unspecified atom stereocenters. The van der Waals surface area contributed by atoms with Crippen LogP contribution in [0.1, 0.15) is 24.3 Å². The molecule has 160 valence electrons. The summed E-state index contributed by atoms with van der Waals surface area (Å²) in [7, 11) is 0. The minimum Gasteiger partial charge on any atom is -0.351 e. The highest BCUT2D eigenvalue weighted by Gasteiger charge is 2.26. The number of pyridine rings is 1. The van der Waals surface area contributed by atoms with Gasteiger partial charge in [-0.25, -0.2) is 14.6 Å². The van der Waals surface area contributed by atoms with Gasteiger partial charge in [-0.3, -0.25) is 4.79 Å². The van der Waals surface area contributed by atoms with Gasteiger partial charge in [0.15, 0.2) is 17.1 Å². The van der Waals surface area contributed by atoms with Crippen molar-refractivity contribution in [2.24, 2.45) is 0 Å². The first kappa shape index (κ1) is 20.6. The maximum atomic E-state index is 12.8. The number of thiazole rings is 1. The molecular weight excluding hydrogens is 406 g/mol. The van der Waals surface area contributed by atoms with Crippen LogP contribution in [0, 0.1) is 0 Å². The lowest BCUT2D eigenvalue weighted by molar-refractivity contribution is -0.145. The fraction of sp³-hybridized carbons (Fsp3) is 0.526. The van der Waals surface area contributed by atoms with E-state index in [2.05, 4.69) is 25.2 Å². The van der Waals surface area contributed by atoms with Crippen LogP contribution in [0.5, 0.6) is 0 Å². The van der Waals surface area contributed by atoms with Crippen LogP contribution in [0.3, 0.4) is 0 Å². The molecule has 4 rings (SSSR count). The Morgan fingerprint density at radius 3 is 2.67 bits per heavy atom. The van der Waals surface area contributed by atoms with E-state index in [9.17, 15) is 4.79 Å². The predicted octanol–water partition coefficient (Wildman–Crippen LogP) is 1.64. The van der Waals surface area contributed by atoms with Crippen molar-refractivity contribution in [2.45, 2.75) is 26.7 Å². The number of nitrogens with zero attached hydrogens (tertiary/aromatic N) is 7. The van der Waals surface area contributed by atoms with Gasteiger partial charge >= 0.3 is 0 Å². The van der Waals surface area contributed by atoms with Crippen molar-refractivity contribution in [1.82, 2.24) is 29.9 Å². The quantitative estimate of drug-likeness (QED) is 0.497. The molecule has 1 aliphatic heterocycles. The van der Waals surface area contributed by atoms with Crippen LogP contribution in [-0.2, 0) is 16.0 Å². The lowest BCUT2D eigenvalue weighted by Gasteiger charge is -2.34. The first-order valence-corrected chi connectivity index (χ1v) is 10.9. The minimum atomic E-state index is -0.406. The summed E-state index contributed by atoms with van der Waals surface area (Å²) in [6.45, 7) is 7.94. The SMILES string of the molecule is CCOC(Cn1cc(C(=O)N2CCN(c3nc4cccnc4s3)CC2)nn1)OCC. The molecule has 1 amide bonds. The van der Waals surface area contributed by atoms with E-state index in [1.807, 2.05) is 26.0 Å². The van der Waals surface area contributed by atoms with E-state index in [0.717, 1.165) is 28.6 Å². The Hall–Kier alpha value is -2.63. The summed E-state index contributed by atoms with van der Waals surface area (Å²) >= 11 is 1.58. The van der Waals surface area contributed by atoms with E-state index >= 15 is 0 Å². The Bertz CT molecular complexity index is 944. The second kappa shape index (κ2) is 9.45. The number of aromatic nitrogens is 5. The second-order valence-corrected chi connectivity index (χ2v) is 7.73. The average molecular weight is 432 g/mol. The van der Waals surface area contributed by atoms with Gasteiger partial charge in [-0.15, -0.1) is 5.10 Å². The van der Waals surface area contributed by atoms with Crippen LogP contribution in [0.15, 0.2) is 24.5 Å². The molecule has 3 aromatic heterocycles. The number of carbonyl (C=O) groups is 1. The summed E-state index contributed by atoms with van der Waals surface area (Å²) in [5, 5.41) is 9.05. The zero-order valence-electron chi connectivity index (χ0n) is 17.1. The third-order valence-electron chi connectivity index (χ3n) is 4.79. The Kier molecular flexibility index (Phi) is 6.50. The number of anilines is 1. The molecule has 1 saturated heterocycles. The highest BCUT2D eigenvalue weighted by atomic mass is 32.1. The lowest BCUT2D eigenvalue weighted by atomic mass is 10.3. The molecule has 0 aliphatic carbocycles. The van der Waals surface area contributed by atoms with Crippen molar-refractivity contribution in [3.63, 3.8) is 0 Å². The number of rotatable bonds is 8. The van der Waals surface area contributed by atoms with E-state index in [-0.39, 0.29) is 5.91 Å². The fourth-order valence-electron chi connectivity index (χ4n) is 3.32. The maximum absolute atomic E-state index is 12.8. The summed E-state index contributed by atoms with van der Waals surface area (Å²) in [4.78, 5) is 26.8. The molecule has 0 radical (unpaired) electrons. The maximum Gasteiger partial charge on any atom is 0.276 e. The summed E-state index contributed by atoms with van der Waals surface area (Å²) in [5.74, 6) is -0.115. The van der Waals surface area contributed by atoms with Gasteiger partial charge in [0.2, 0.25) is 0 Å². The van der Waals surface area contributed by atoms with E-state index in [4.69, 9.17) is 9.47 Å². The molecule has 0 bridgehead atoms. The predicted molar refractivity (Wildman–Crippen MR) is 113 cm³/mol. The molecule has 0 N–H and O–H groups in total. The van der Waals surface area contributed by atoms with Crippen molar-refractivity contribution < 1.29 is 14.3 Å². The van der Waals surface area contributed by atoms with Crippen molar-refractivity contribution in [3.05, 3.63) is 30.2 Å².